The number of nitrogens with zero attached hydrogens (tertiary/aromatic N) is 7. The number of ether oxygens (including phenoxy) is 2. The fourth-order valence-corrected chi connectivity index (χ4v) is 3.98. The van der Waals surface area contributed by atoms with E-state index in [1.54, 1.807) is 47.8 Å². The van der Waals surface area contributed by atoms with Gasteiger partial charge in [0.1, 0.15) is 23.6 Å². The third-order valence-electron chi connectivity index (χ3n) is 5.78. The van der Waals surface area contributed by atoms with Crippen LogP contribution in [0.5, 0.6) is 5.75 Å². The summed E-state index contributed by atoms with van der Waals surface area (Å²) in [4.78, 5) is 32.0. The number of carbonyl (C=O) groups excluding carboxylic acids is 2. The summed E-state index contributed by atoms with van der Waals surface area (Å²) in [6, 6.07) is 8.73. The topological polar surface area (TPSA) is 140 Å². The summed E-state index contributed by atoms with van der Waals surface area (Å²) in [5, 5.41) is 21.0. The number of nitriles is 1. The van der Waals surface area contributed by atoms with E-state index in [2.05, 4.69) is 26.6 Å². The summed E-state index contributed by atoms with van der Waals surface area (Å²) < 4.78 is 13.8. The highest BCUT2D eigenvalue weighted by molar-refractivity contribution is 6.09. The van der Waals surface area contributed by atoms with Crippen molar-refractivity contribution in [1.82, 2.24) is 29.3 Å². The number of benzene rings is 1. The number of amides is 2. The van der Waals surface area contributed by atoms with E-state index in [0.29, 0.717) is 60.2 Å². The van der Waals surface area contributed by atoms with E-state index in [9.17, 15) is 14.9 Å². The number of nitrogens with one attached hydrogen (secondary N) is 1. The normalized spacial score (nSPS) is 13.4. The lowest BCUT2D eigenvalue weighted by Gasteiger charge is -2.26. The van der Waals surface area contributed by atoms with Crippen molar-refractivity contribution in [2.75, 3.05) is 38.7 Å². The summed E-state index contributed by atoms with van der Waals surface area (Å²) >= 11 is 0. The lowest BCUT2D eigenvalue weighted by molar-refractivity contribution is -0.136. The van der Waals surface area contributed by atoms with Gasteiger partial charge in [0.05, 0.1) is 43.8 Å². The fraction of sp³-hybridized carbons (Fsp3) is 0.250. The average Bonchev–Trinajstić information content (AvgIpc) is 3.52. The Morgan fingerprint density at radius 2 is 2.11 bits per heavy atom. The second kappa shape index (κ2) is 9.85. The molecule has 0 saturated carbocycles. The number of anilines is 1. The number of hydrogen-bond donors (Lipinski definition) is 1. The van der Waals surface area contributed by atoms with Crippen molar-refractivity contribution in [2.24, 2.45) is 0 Å². The van der Waals surface area contributed by atoms with Gasteiger partial charge in [-0.15, -0.1) is 0 Å². The molecule has 4 heterocycles. The van der Waals surface area contributed by atoms with Crippen molar-refractivity contribution >= 4 is 23.1 Å². The number of hydrogen-bond acceptors (Lipinski definition) is 8. The zero-order chi connectivity index (χ0) is 25.1. The van der Waals surface area contributed by atoms with Crippen molar-refractivity contribution < 1.29 is 19.1 Å². The molecule has 1 aliphatic rings. The highest BCUT2D eigenvalue weighted by Crippen LogP contribution is 2.35. The molecule has 12 nitrogen and oxygen atoms in total. The molecule has 1 N–H and O–H groups in total. The molecular weight excluding hydrogens is 464 g/mol. The quantitative estimate of drug-likeness (QED) is 0.433. The first-order valence-corrected chi connectivity index (χ1v) is 11.2. The fourth-order valence-electron chi connectivity index (χ4n) is 3.98. The highest BCUT2D eigenvalue weighted by atomic mass is 16.5. The van der Waals surface area contributed by atoms with Crippen LogP contribution in [0.2, 0.25) is 0 Å². The van der Waals surface area contributed by atoms with Crippen LogP contribution in [0.25, 0.3) is 16.9 Å². The van der Waals surface area contributed by atoms with Gasteiger partial charge < -0.3 is 19.7 Å². The predicted octanol–water partition coefficient (Wildman–Crippen LogP) is 1.58. The van der Waals surface area contributed by atoms with E-state index < -0.39 is 5.91 Å². The van der Waals surface area contributed by atoms with Gasteiger partial charge in [0.15, 0.2) is 5.65 Å². The van der Waals surface area contributed by atoms with Crippen LogP contribution in [-0.4, -0.2) is 74.5 Å². The number of methoxy groups -OCH3 is 1. The minimum atomic E-state index is -0.445. The van der Waals surface area contributed by atoms with E-state index in [0.717, 1.165) is 0 Å². The van der Waals surface area contributed by atoms with E-state index >= 15 is 0 Å². The number of morpholine rings is 1. The number of aromatic nitrogens is 5. The van der Waals surface area contributed by atoms with Crippen LogP contribution < -0.4 is 10.1 Å². The summed E-state index contributed by atoms with van der Waals surface area (Å²) in [5.74, 6) is -0.0962. The van der Waals surface area contributed by atoms with Gasteiger partial charge in [-0.25, -0.2) is 9.50 Å². The molecule has 3 aromatic heterocycles. The molecule has 0 aliphatic carbocycles. The third-order valence-corrected chi connectivity index (χ3v) is 5.78. The monoisotopic (exact) mass is 486 g/mol. The largest absolute Gasteiger partial charge is 0.496 e. The molecule has 0 spiro atoms. The summed E-state index contributed by atoms with van der Waals surface area (Å²) in [6.45, 7) is 1.97. The third kappa shape index (κ3) is 4.47. The smallest absolute Gasteiger partial charge is 0.261 e. The Bertz CT molecular complexity index is 1480. The zero-order valence-corrected chi connectivity index (χ0v) is 19.4. The van der Waals surface area contributed by atoms with E-state index in [1.807, 2.05) is 0 Å². The molecule has 5 rings (SSSR count). The second-order valence-corrected chi connectivity index (χ2v) is 8.01. The SMILES string of the molecule is COc1ccc(C#N)cc1-c1nn(CC(=O)N2CCOCC2)cc1NC(=O)c1cnn2cccnc12. The Kier molecular flexibility index (Phi) is 6.29. The number of rotatable bonds is 6. The molecule has 1 fully saturated rings. The molecule has 0 bridgehead atoms. The Labute approximate surface area is 205 Å². The van der Waals surface area contributed by atoms with Crippen LogP contribution in [0.15, 0.2) is 49.1 Å². The Morgan fingerprint density at radius 1 is 1.28 bits per heavy atom. The van der Waals surface area contributed by atoms with Crippen molar-refractivity contribution in [1.29, 1.82) is 5.26 Å². The van der Waals surface area contributed by atoms with E-state index in [4.69, 9.17) is 9.47 Å². The summed E-state index contributed by atoms with van der Waals surface area (Å²) in [5.41, 5.74) is 2.28. The average molecular weight is 486 g/mol. The van der Waals surface area contributed by atoms with Crippen molar-refractivity contribution in [3.63, 3.8) is 0 Å². The van der Waals surface area contributed by atoms with Crippen LogP contribution in [0.1, 0.15) is 15.9 Å². The van der Waals surface area contributed by atoms with Gasteiger partial charge >= 0.3 is 0 Å². The summed E-state index contributed by atoms with van der Waals surface area (Å²) in [6.07, 6.45) is 6.29. The second-order valence-electron chi connectivity index (χ2n) is 8.01. The predicted molar refractivity (Wildman–Crippen MR) is 127 cm³/mol. The Balaban J connectivity index is 1.52. The minimum Gasteiger partial charge on any atom is -0.496 e. The van der Waals surface area contributed by atoms with Gasteiger partial charge in [0.2, 0.25) is 5.91 Å². The molecule has 1 saturated heterocycles. The molecule has 0 atom stereocenters. The van der Waals surface area contributed by atoms with Crippen molar-refractivity contribution in [2.45, 2.75) is 6.54 Å². The molecule has 36 heavy (non-hydrogen) atoms. The number of carbonyl (C=O) groups is 2. The lowest BCUT2D eigenvalue weighted by atomic mass is 10.1. The molecule has 2 amide bonds. The zero-order valence-electron chi connectivity index (χ0n) is 19.4. The van der Waals surface area contributed by atoms with Gasteiger partial charge in [0.25, 0.3) is 5.91 Å². The van der Waals surface area contributed by atoms with Gasteiger partial charge in [-0.1, -0.05) is 0 Å². The molecule has 0 unspecified atom stereocenters. The molecule has 0 radical (unpaired) electrons. The maximum Gasteiger partial charge on any atom is 0.261 e. The first kappa shape index (κ1) is 23.0. The number of fused-ring (bicyclic) bond motifs is 1. The van der Waals surface area contributed by atoms with Crippen LogP contribution in [0, 0.1) is 11.3 Å². The molecular formula is C24H22N8O4. The van der Waals surface area contributed by atoms with Crippen molar-refractivity contribution in [3.8, 4) is 23.1 Å². The van der Waals surface area contributed by atoms with Crippen LogP contribution in [0.3, 0.4) is 0 Å². The van der Waals surface area contributed by atoms with E-state index in [-0.39, 0.29) is 18.0 Å². The highest BCUT2D eigenvalue weighted by Gasteiger charge is 2.23. The molecule has 4 aromatic rings. The van der Waals surface area contributed by atoms with Crippen molar-refractivity contribution in [3.05, 3.63) is 60.2 Å². The van der Waals surface area contributed by atoms with Gasteiger partial charge in [-0.3, -0.25) is 14.3 Å². The van der Waals surface area contributed by atoms with E-state index in [1.165, 1.54) is 22.5 Å². The molecule has 1 aromatic carbocycles. The minimum absolute atomic E-state index is 0.0264. The van der Waals surface area contributed by atoms with Crippen LogP contribution in [0.4, 0.5) is 5.69 Å². The van der Waals surface area contributed by atoms with Crippen LogP contribution >= 0.6 is 0 Å². The Hall–Kier alpha value is -4.76. The lowest BCUT2D eigenvalue weighted by Crippen LogP contribution is -2.42. The molecule has 182 valence electrons. The Morgan fingerprint density at radius 3 is 2.89 bits per heavy atom. The maximum absolute atomic E-state index is 13.2. The molecule has 1 aliphatic heterocycles. The van der Waals surface area contributed by atoms with Gasteiger partial charge in [-0.2, -0.15) is 15.5 Å². The maximum atomic E-state index is 13.2. The first-order chi connectivity index (χ1) is 17.6. The summed E-state index contributed by atoms with van der Waals surface area (Å²) in [7, 11) is 1.51. The molecule has 12 heteroatoms. The van der Waals surface area contributed by atoms with Crippen LogP contribution in [-0.2, 0) is 16.1 Å². The standard InChI is InChI=1S/C24H22N8O4/c1-35-20-4-3-16(12-25)11-17(20)22-19(14-31(29-22)15-21(33)30-7-9-36-10-8-30)28-24(34)18-13-27-32-6-2-5-26-23(18)32/h2-6,11,13-14H,7-10,15H2,1H3,(H,28,34). The van der Waals surface area contributed by atoms with Gasteiger partial charge in [0, 0.05) is 37.2 Å². The first-order valence-electron chi connectivity index (χ1n) is 11.2. The van der Waals surface area contributed by atoms with Gasteiger partial charge in [-0.05, 0) is 24.3 Å².